The Morgan fingerprint density at radius 2 is 1.91 bits per heavy atom. The summed E-state index contributed by atoms with van der Waals surface area (Å²) in [5, 5.41) is 9.55. The van der Waals surface area contributed by atoms with Crippen LogP contribution in [0.5, 0.6) is 5.75 Å². The summed E-state index contributed by atoms with van der Waals surface area (Å²) in [5.41, 5.74) is 4.05. The molecule has 2 aromatic rings. The van der Waals surface area contributed by atoms with Gasteiger partial charge in [-0.2, -0.15) is 0 Å². The standard InChI is InChI=1S/C17H20N2O3/c1-11-7-5-6-8-15(11)19(17(20)21)10-14-13(3)16(22-4)12(2)9-18-14/h5-9H,10H2,1-4H3,(H,20,21). The second-order valence-electron chi connectivity index (χ2n) is 5.20. The van der Waals surface area contributed by atoms with Crippen LogP contribution in [0.3, 0.4) is 0 Å². The van der Waals surface area contributed by atoms with Gasteiger partial charge in [-0.15, -0.1) is 0 Å². The number of hydrogen-bond acceptors (Lipinski definition) is 3. The predicted molar refractivity (Wildman–Crippen MR) is 85.6 cm³/mol. The average molecular weight is 300 g/mol. The van der Waals surface area contributed by atoms with Crippen LogP contribution >= 0.6 is 0 Å². The molecule has 0 aliphatic carbocycles. The van der Waals surface area contributed by atoms with Crippen molar-refractivity contribution < 1.29 is 14.6 Å². The summed E-state index contributed by atoms with van der Waals surface area (Å²) in [6, 6.07) is 7.40. The Labute approximate surface area is 130 Å². The lowest BCUT2D eigenvalue weighted by molar-refractivity contribution is 0.201. The van der Waals surface area contributed by atoms with E-state index in [1.807, 2.05) is 39.0 Å². The molecule has 22 heavy (non-hydrogen) atoms. The van der Waals surface area contributed by atoms with E-state index in [1.165, 1.54) is 4.90 Å². The number of pyridine rings is 1. The van der Waals surface area contributed by atoms with Crippen molar-refractivity contribution in [3.8, 4) is 5.75 Å². The molecule has 1 heterocycles. The van der Waals surface area contributed by atoms with Crippen LogP contribution in [0.1, 0.15) is 22.4 Å². The van der Waals surface area contributed by atoms with Crippen molar-refractivity contribution in [1.29, 1.82) is 0 Å². The first-order valence-electron chi connectivity index (χ1n) is 7.00. The predicted octanol–water partition coefficient (Wildman–Crippen LogP) is 3.70. The summed E-state index contributed by atoms with van der Waals surface area (Å²) in [6.45, 7) is 5.88. The number of anilines is 1. The zero-order valence-electron chi connectivity index (χ0n) is 13.3. The number of carbonyl (C=O) groups is 1. The van der Waals surface area contributed by atoms with Crippen LogP contribution < -0.4 is 9.64 Å². The van der Waals surface area contributed by atoms with Gasteiger partial charge in [-0.1, -0.05) is 18.2 Å². The summed E-state index contributed by atoms with van der Waals surface area (Å²) in [7, 11) is 1.61. The highest BCUT2D eigenvalue weighted by Gasteiger charge is 2.19. The summed E-state index contributed by atoms with van der Waals surface area (Å²) >= 11 is 0. The van der Waals surface area contributed by atoms with Crippen molar-refractivity contribution in [2.75, 3.05) is 12.0 Å². The van der Waals surface area contributed by atoms with E-state index in [-0.39, 0.29) is 6.54 Å². The Morgan fingerprint density at radius 3 is 2.50 bits per heavy atom. The monoisotopic (exact) mass is 300 g/mol. The van der Waals surface area contributed by atoms with Gasteiger partial charge in [0.1, 0.15) is 5.75 Å². The summed E-state index contributed by atoms with van der Waals surface area (Å²) < 4.78 is 5.38. The Morgan fingerprint density at radius 1 is 1.23 bits per heavy atom. The molecule has 1 aromatic heterocycles. The van der Waals surface area contributed by atoms with E-state index < -0.39 is 6.09 Å². The number of hydrogen-bond donors (Lipinski definition) is 1. The maximum atomic E-state index is 11.7. The number of amides is 1. The van der Waals surface area contributed by atoms with Gasteiger partial charge in [0, 0.05) is 17.3 Å². The molecular weight excluding hydrogens is 280 g/mol. The number of methoxy groups -OCH3 is 1. The quantitative estimate of drug-likeness (QED) is 0.935. The fourth-order valence-corrected chi connectivity index (χ4v) is 2.50. The van der Waals surface area contributed by atoms with Crippen molar-refractivity contribution in [2.45, 2.75) is 27.3 Å². The summed E-state index contributed by atoms with van der Waals surface area (Å²) in [6.07, 6.45) is 0.703. The molecule has 0 bridgehead atoms. The van der Waals surface area contributed by atoms with Crippen molar-refractivity contribution in [3.63, 3.8) is 0 Å². The number of aromatic nitrogens is 1. The van der Waals surface area contributed by atoms with Crippen LogP contribution in [0, 0.1) is 20.8 Å². The Hall–Kier alpha value is -2.56. The van der Waals surface area contributed by atoms with Gasteiger partial charge >= 0.3 is 6.09 Å². The molecule has 0 fully saturated rings. The lowest BCUT2D eigenvalue weighted by Gasteiger charge is -2.22. The molecular formula is C17H20N2O3. The minimum absolute atomic E-state index is 0.183. The third-order valence-electron chi connectivity index (χ3n) is 3.69. The first-order valence-corrected chi connectivity index (χ1v) is 7.00. The Balaban J connectivity index is 2.42. The zero-order valence-corrected chi connectivity index (χ0v) is 13.3. The number of para-hydroxylation sites is 1. The maximum absolute atomic E-state index is 11.7. The van der Waals surface area contributed by atoms with Gasteiger partial charge in [-0.3, -0.25) is 9.88 Å². The third-order valence-corrected chi connectivity index (χ3v) is 3.69. The van der Waals surface area contributed by atoms with Gasteiger partial charge in [0.15, 0.2) is 0 Å². The number of ether oxygens (including phenoxy) is 1. The molecule has 1 aromatic carbocycles. The number of benzene rings is 1. The maximum Gasteiger partial charge on any atom is 0.412 e. The SMILES string of the molecule is COc1c(C)cnc(CN(C(=O)O)c2ccccc2C)c1C. The van der Waals surface area contributed by atoms with E-state index >= 15 is 0 Å². The Kier molecular flexibility index (Phi) is 4.65. The van der Waals surface area contributed by atoms with E-state index in [0.29, 0.717) is 11.4 Å². The van der Waals surface area contributed by atoms with E-state index in [2.05, 4.69) is 4.98 Å². The number of rotatable bonds is 4. The molecule has 0 saturated carbocycles. The van der Waals surface area contributed by atoms with Crippen molar-refractivity contribution in [1.82, 2.24) is 4.98 Å². The molecule has 0 unspecified atom stereocenters. The second kappa shape index (κ2) is 6.47. The molecule has 0 saturated heterocycles. The molecule has 5 heteroatoms. The second-order valence-corrected chi connectivity index (χ2v) is 5.20. The fourth-order valence-electron chi connectivity index (χ4n) is 2.50. The molecule has 116 valence electrons. The van der Waals surface area contributed by atoms with Gasteiger partial charge in [0.05, 0.1) is 25.0 Å². The third kappa shape index (κ3) is 3.03. The molecule has 5 nitrogen and oxygen atoms in total. The lowest BCUT2D eigenvalue weighted by Crippen LogP contribution is -2.30. The molecule has 1 N–H and O–H groups in total. The lowest BCUT2D eigenvalue weighted by atomic mass is 10.1. The van der Waals surface area contributed by atoms with Gasteiger partial charge in [0.2, 0.25) is 0 Å². The van der Waals surface area contributed by atoms with Gasteiger partial charge in [-0.05, 0) is 32.4 Å². The molecule has 0 aliphatic heterocycles. The van der Waals surface area contributed by atoms with Crippen LogP contribution in [0.15, 0.2) is 30.5 Å². The highest BCUT2D eigenvalue weighted by molar-refractivity contribution is 5.87. The topological polar surface area (TPSA) is 62.7 Å². The highest BCUT2D eigenvalue weighted by atomic mass is 16.5. The van der Waals surface area contributed by atoms with E-state index in [9.17, 15) is 9.90 Å². The van der Waals surface area contributed by atoms with E-state index in [4.69, 9.17) is 4.74 Å². The number of carboxylic acid groups (broad SMARTS) is 1. The fraction of sp³-hybridized carbons (Fsp3) is 0.294. The highest BCUT2D eigenvalue weighted by Crippen LogP contribution is 2.27. The molecule has 1 amide bonds. The number of aryl methyl sites for hydroxylation is 2. The molecule has 0 atom stereocenters. The smallest absolute Gasteiger partial charge is 0.412 e. The van der Waals surface area contributed by atoms with Crippen LogP contribution in [0.25, 0.3) is 0 Å². The zero-order chi connectivity index (χ0) is 16.3. The summed E-state index contributed by atoms with van der Waals surface area (Å²) in [4.78, 5) is 17.3. The van der Waals surface area contributed by atoms with Gasteiger partial charge in [0.25, 0.3) is 0 Å². The Bertz CT molecular complexity index is 698. The first-order chi connectivity index (χ1) is 10.5. The minimum Gasteiger partial charge on any atom is -0.496 e. The van der Waals surface area contributed by atoms with Gasteiger partial charge in [-0.25, -0.2) is 4.79 Å². The van der Waals surface area contributed by atoms with Crippen LogP contribution in [-0.2, 0) is 6.54 Å². The van der Waals surface area contributed by atoms with E-state index in [1.54, 1.807) is 19.4 Å². The normalized spacial score (nSPS) is 10.4. The molecule has 0 radical (unpaired) electrons. The summed E-state index contributed by atoms with van der Waals surface area (Å²) in [5.74, 6) is 0.750. The van der Waals surface area contributed by atoms with Crippen molar-refractivity contribution in [2.24, 2.45) is 0 Å². The van der Waals surface area contributed by atoms with Crippen molar-refractivity contribution in [3.05, 3.63) is 52.8 Å². The first kappa shape index (κ1) is 15.8. The van der Waals surface area contributed by atoms with Crippen molar-refractivity contribution >= 4 is 11.8 Å². The van der Waals surface area contributed by atoms with Crippen LogP contribution in [0.4, 0.5) is 10.5 Å². The van der Waals surface area contributed by atoms with E-state index in [0.717, 1.165) is 22.4 Å². The average Bonchev–Trinajstić information content (AvgIpc) is 2.48. The van der Waals surface area contributed by atoms with Gasteiger partial charge < -0.3 is 9.84 Å². The molecule has 0 spiro atoms. The minimum atomic E-state index is -1.00. The number of nitrogens with zero attached hydrogens (tertiary/aromatic N) is 2. The van der Waals surface area contributed by atoms with Crippen LogP contribution in [0.2, 0.25) is 0 Å². The molecule has 2 rings (SSSR count). The largest absolute Gasteiger partial charge is 0.496 e. The van der Waals surface area contributed by atoms with Crippen LogP contribution in [-0.4, -0.2) is 23.3 Å². The molecule has 0 aliphatic rings.